The maximum atomic E-state index is 12.4. The molecule has 1 saturated heterocycles. The highest BCUT2D eigenvalue weighted by molar-refractivity contribution is 6.28. The molecule has 0 aromatic carbocycles. The Morgan fingerprint density at radius 1 is 1.35 bits per heavy atom. The molecular formula is C17H18ClN7O. The normalized spacial score (nSPS) is 15.3. The number of carbonyl (C=O) groups excluding carboxylic acids is 1. The molecule has 0 radical (unpaired) electrons. The Bertz CT molecular complexity index is 906. The number of imidazole rings is 1. The van der Waals surface area contributed by atoms with Crippen LogP contribution in [0.1, 0.15) is 18.4 Å². The number of carbonyl (C=O) groups is 1. The number of amides is 1. The lowest BCUT2D eigenvalue weighted by Crippen LogP contribution is -2.40. The number of piperidine rings is 1. The van der Waals surface area contributed by atoms with Gasteiger partial charge in [0.25, 0.3) is 0 Å². The Balaban J connectivity index is 1.37. The van der Waals surface area contributed by atoms with E-state index in [1.54, 1.807) is 18.7 Å². The number of hydrogen-bond donors (Lipinski definition) is 2. The number of aromatic amines is 1. The maximum absolute atomic E-state index is 12.4. The minimum atomic E-state index is -0.00233. The zero-order valence-electron chi connectivity index (χ0n) is 14.0. The van der Waals surface area contributed by atoms with Crippen molar-refractivity contribution in [1.82, 2.24) is 30.2 Å². The summed E-state index contributed by atoms with van der Waals surface area (Å²) < 4.78 is 0. The molecule has 0 saturated carbocycles. The summed E-state index contributed by atoms with van der Waals surface area (Å²) in [6, 6.07) is 3.81. The average Bonchev–Trinajstić information content (AvgIpc) is 3.15. The fraction of sp³-hybridized carbons (Fsp3) is 0.353. The zero-order chi connectivity index (χ0) is 17.9. The first kappa shape index (κ1) is 16.7. The van der Waals surface area contributed by atoms with Gasteiger partial charge in [-0.05, 0) is 36.1 Å². The average molecular weight is 372 g/mol. The molecular weight excluding hydrogens is 354 g/mol. The Labute approximate surface area is 155 Å². The highest BCUT2D eigenvalue weighted by atomic mass is 35.5. The number of rotatable bonds is 4. The van der Waals surface area contributed by atoms with E-state index in [1.807, 2.05) is 12.1 Å². The molecule has 3 aromatic rings. The summed E-state index contributed by atoms with van der Waals surface area (Å²) in [5.74, 6) is 0.824. The minimum Gasteiger partial charge on any atom is -0.355 e. The molecule has 0 spiro atoms. The van der Waals surface area contributed by atoms with E-state index in [0.717, 1.165) is 42.8 Å². The van der Waals surface area contributed by atoms with Crippen molar-refractivity contribution in [3.8, 4) is 0 Å². The van der Waals surface area contributed by atoms with Gasteiger partial charge in [-0.2, -0.15) is 9.97 Å². The van der Waals surface area contributed by atoms with Gasteiger partial charge in [0, 0.05) is 37.9 Å². The molecule has 134 valence electrons. The van der Waals surface area contributed by atoms with Gasteiger partial charge in [-0.1, -0.05) is 6.07 Å². The van der Waals surface area contributed by atoms with Crippen molar-refractivity contribution in [2.24, 2.45) is 5.92 Å². The van der Waals surface area contributed by atoms with Crippen molar-refractivity contribution in [3.05, 3.63) is 41.7 Å². The Morgan fingerprint density at radius 3 is 2.96 bits per heavy atom. The summed E-state index contributed by atoms with van der Waals surface area (Å²) in [7, 11) is 0. The van der Waals surface area contributed by atoms with Crippen LogP contribution in [0.15, 0.2) is 30.9 Å². The van der Waals surface area contributed by atoms with E-state index in [4.69, 9.17) is 11.6 Å². The second-order valence-electron chi connectivity index (χ2n) is 6.26. The van der Waals surface area contributed by atoms with Gasteiger partial charge in [0.05, 0.1) is 6.33 Å². The van der Waals surface area contributed by atoms with Crippen LogP contribution in [0.25, 0.3) is 11.2 Å². The van der Waals surface area contributed by atoms with Crippen LogP contribution >= 0.6 is 11.6 Å². The number of fused-ring (bicyclic) bond motifs is 1. The number of nitrogens with one attached hydrogen (secondary N) is 2. The molecule has 0 unspecified atom stereocenters. The molecule has 8 nitrogen and oxygen atoms in total. The molecule has 3 aromatic heterocycles. The van der Waals surface area contributed by atoms with Crippen LogP contribution in [-0.2, 0) is 11.3 Å². The lowest BCUT2D eigenvalue weighted by Gasteiger charge is -2.32. The van der Waals surface area contributed by atoms with Gasteiger partial charge < -0.3 is 15.2 Å². The Kier molecular flexibility index (Phi) is 4.66. The molecule has 0 aliphatic carbocycles. The molecule has 26 heavy (non-hydrogen) atoms. The van der Waals surface area contributed by atoms with Gasteiger partial charge in [-0.3, -0.25) is 9.78 Å². The summed E-state index contributed by atoms with van der Waals surface area (Å²) in [5, 5.41) is 3.17. The lowest BCUT2D eigenvalue weighted by molar-refractivity contribution is -0.125. The highest BCUT2D eigenvalue weighted by Gasteiger charge is 2.27. The molecule has 1 aliphatic heterocycles. The van der Waals surface area contributed by atoms with E-state index >= 15 is 0 Å². The molecule has 1 amide bonds. The van der Waals surface area contributed by atoms with Crippen LogP contribution in [0.4, 0.5) is 5.82 Å². The van der Waals surface area contributed by atoms with Crippen molar-refractivity contribution < 1.29 is 4.79 Å². The monoisotopic (exact) mass is 371 g/mol. The van der Waals surface area contributed by atoms with Crippen molar-refractivity contribution in [3.63, 3.8) is 0 Å². The molecule has 0 bridgehead atoms. The van der Waals surface area contributed by atoms with Crippen LogP contribution in [0.3, 0.4) is 0 Å². The fourth-order valence-corrected chi connectivity index (χ4v) is 3.37. The van der Waals surface area contributed by atoms with Crippen molar-refractivity contribution in [1.29, 1.82) is 0 Å². The first-order valence-electron chi connectivity index (χ1n) is 8.49. The lowest BCUT2D eigenvalue weighted by atomic mass is 9.96. The second-order valence-corrected chi connectivity index (χ2v) is 6.60. The summed E-state index contributed by atoms with van der Waals surface area (Å²) >= 11 is 6.01. The molecule has 1 aliphatic rings. The third-order valence-corrected chi connectivity index (χ3v) is 4.76. The van der Waals surface area contributed by atoms with E-state index in [1.165, 1.54) is 0 Å². The number of pyridine rings is 1. The number of halogens is 1. The van der Waals surface area contributed by atoms with Crippen LogP contribution in [0.5, 0.6) is 0 Å². The van der Waals surface area contributed by atoms with Crippen molar-refractivity contribution in [2.45, 2.75) is 19.4 Å². The van der Waals surface area contributed by atoms with Crippen LogP contribution in [-0.4, -0.2) is 43.9 Å². The molecule has 0 atom stereocenters. The fourth-order valence-electron chi connectivity index (χ4n) is 3.21. The third kappa shape index (κ3) is 3.45. The third-order valence-electron chi connectivity index (χ3n) is 4.59. The van der Waals surface area contributed by atoms with Crippen molar-refractivity contribution >= 4 is 34.5 Å². The Hall–Kier alpha value is -2.74. The van der Waals surface area contributed by atoms with E-state index in [2.05, 4.69) is 35.1 Å². The molecule has 2 N–H and O–H groups in total. The van der Waals surface area contributed by atoms with Gasteiger partial charge in [0.1, 0.15) is 5.52 Å². The number of nitrogens with zero attached hydrogens (tertiary/aromatic N) is 5. The molecule has 1 fully saturated rings. The topological polar surface area (TPSA) is 99.7 Å². The first-order valence-corrected chi connectivity index (χ1v) is 8.86. The molecule has 9 heteroatoms. The second kappa shape index (κ2) is 7.25. The number of aromatic nitrogens is 5. The molecule has 4 rings (SSSR count). The predicted octanol–water partition coefficient (Wildman–Crippen LogP) is 1.93. The van der Waals surface area contributed by atoms with Gasteiger partial charge in [0.2, 0.25) is 11.2 Å². The quantitative estimate of drug-likeness (QED) is 0.680. The molecule has 4 heterocycles. The number of hydrogen-bond acceptors (Lipinski definition) is 6. The predicted molar refractivity (Wildman–Crippen MR) is 97.7 cm³/mol. The first-order chi connectivity index (χ1) is 12.7. The largest absolute Gasteiger partial charge is 0.355 e. The van der Waals surface area contributed by atoms with Crippen LogP contribution < -0.4 is 10.2 Å². The smallest absolute Gasteiger partial charge is 0.226 e. The summed E-state index contributed by atoms with van der Waals surface area (Å²) in [4.78, 5) is 34.3. The summed E-state index contributed by atoms with van der Waals surface area (Å²) in [5.41, 5.74) is 2.32. The van der Waals surface area contributed by atoms with E-state index in [9.17, 15) is 4.79 Å². The van der Waals surface area contributed by atoms with Gasteiger partial charge in [0.15, 0.2) is 11.5 Å². The number of anilines is 1. The van der Waals surface area contributed by atoms with E-state index < -0.39 is 0 Å². The summed E-state index contributed by atoms with van der Waals surface area (Å²) in [6.45, 7) is 1.96. The minimum absolute atomic E-state index is 0.00233. The van der Waals surface area contributed by atoms with Crippen LogP contribution in [0, 0.1) is 5.92 Å². The van der Waals surface area contributed by atoms with Gasteiger partial charge in [-0.15, -0.1) is 0 Å². The van der Waals surface area contributed by atoms with E-state index in [-0.39, 0.29) is 17.1 Å². The van der Waals surface area contributed by atoms with Gasteiger partial charge >= 0.3 is 0 Å². The van der Waals surface area contributed by atoms with Crippen LogP contribution in [0.2, 0.25) is 5.28 Å². The highest BCUT2D eigenvalue weighted by Crippen LogP contribution is 2.27. The number of H-pyrrole nitrogens is 1. The summed E-state index contributed by atoms with van der Waals surface area (Å²) in [6.07, 6.45) is 6.58. The SMILES string of the molecule is O=C(NCc1cccnc1)C1CCN(c2nc(Cl)nc3nc[nH]c23)CC1. The Morgan fingerprint density at radius 2 is 2.19 bits per heavy atom. The maximum Gasteiger partial charge on any atom is 0.226 e. The zero-order valence-corrected chi connectivity index (χ0v) is 14.8. The van der Waals surface area contributed by atoms with Gasteiger partial charge in [-0.25, -0.2) is 4.98 Å². The standard InChI is InChI=1S/C17H18ClN7O/c18-17-23-14-13(21-10-22-14)15(24-17)25-6-3-12(4-7-25)16(26)20-9-11-2-1-5-19-8-11/h1-2,5,8,10,12H,3-4,6-7,9H2,(H,20,26)(H,21,22,23,24). The van der Waals surface area contributed by atoms with Crippen molar-refractivity contribution in [2.75, 3.05) is 18.0 Å². The van der Waals surface area contributed by atoms with E-state index in [0.29, 0.717) is 12.2 Å².